The van der Waals surface area contributed by atoms with Crippen molar-refractivity contribution in [2.75, 3.05) is 6.61 Å². The van der Waals surface area contributed by atoms with Gasteiger partial charge in [-0.1, -0.05) is 12.1 Å². The molecule has 0 saturated heterocycles. The number of halogens is 3. The lowest BCUT2D eigenvalue weighted by Gasteiger charge is -2.27. The Hall–Kier alpha value is -2.02. The monoisotopic (exact) mass is 417 g/mol. The van der Waals surface area contributed by atoms with Crippen molar-refractivity contribution in [2.24, 2.45) is 5.73 Å². The Morgan fingerprint density at radius 3 is 1.74 bits per heavy atom. The molecule has 0 bridgehead atoms. The smallest absolute Gasteiger partial charge is 0.396 e. The molecule has 0 heterocycles. The van der Waals surface area contributed by atoms with Crippen LogP contribution in [-0.2, 0) is 31.6 Å². The van der Waals surface area contributed by atoms with Crippen molar-refractivity contribution in [3.63, 3.8) is 0 Å². The van der Waals surface area contributed by atoms with E-state index in [1.807, 2.05) is 6.79 Å². The minimum Gasteiger partial charge on any atom is -0.396 e. The summed E-state index contributed by atoms with van der Waals surface area (Å²) >= 11 is 0. The van der Waals surface area contributed by atoms with Crippen LogP contribution in [0.1, 0.15) is 37.3 Å². The first-order valence-electron chi connectivity index (χ1n) is 7.29. The molecule has 12 heteroatoms. The Bertz CT molecular complexity index is 670. The van der Waals surface area contributed by atoms with Gasteiger partial charge in [-0.25, -0.2) is 0 Å². The van der Waals surface area contributed by atoms with E-state index >= 15 is 0 Å². The standard InChI is InChI=1S/C14H18F3NO2.CH2O.H2O4S/c1-13(12(18)20,8-2-3-9-19)10-4-6-11(7-5-10)14(15,16)17;1-2;1-5(2,3)4/h4-7,19H,2-3,8-9H2,1H3,(H2,18,20);1H2;(H2,1,2,3,4). The van der Waals surface area contributed by atoms with Crippen LogP contribution in [0.5, 0.6) is 0 Å². The molecular weight excluding hydrogens is 395 g/mol. The lowest BCUT2D eigenvalue weighted by Crippen LogP contribution is -2.38. The zero-order valence-corrected chi connectivity index (χ0v) is 15.3. The zero-order valence-electron chi connectivity index (χ0n) is 14.4. The Morgan fingerprint density at radius 2 is 1.44 bits per heavy atom. The number of hydrogen-bond acceptors (Lipinski definition) is 5. The second-order valence-corrected chi connectivity index (χ2v) is 6.30. The van der Waals surface area contributed by atoms with Gasteiger partial charge < -0.3 is 15.6 Å². The van der Waals surface area contributed by atoms with Crippen molar-refractivity contribution in [1.29, 1.82) is 0 Å². The second-order valence-electron chi connectivity index (χ2n) is 5.40. The summed E-state index contributed by atoms with van der Waals surface area (Å²) in [6, 6.07) is 4.46. The number of hydrogen-bond donors (Lipinski definition) is 4. The molecule has 1 unspecified atom stereocenters. The number of rotatable bonds is 6. The number of aliphatic hydroxyl groups excluding tert-OH is 1. The van der Waals surface area contributed by atoms with Crippen LogP contribution in [0.4, 0.5) is 13.2 Å². The predicted octanol–water partition coefficient (Wildman–Crippen LogP) is 1.77. The number of carbonyl (C=O) groups is 2. The Labute approximate surface area is 154 Å². The van der Waals surface area contributed by atoms with E-state index < -0.39 is 33.5 Å². The average molecular weight is 417 g/mol. The van der Waals surface area contributed by atoms with Crippen LogP contribution in [0.2, 0.25) is 0 Å². The highest BCUT2D eigenvalue weighted by Gasteiger charge is 2.34. The number of benzene rings is 1. The van der Waals surface area contributed by atoms with Crippen LogP contribution in [0.15, 0.2) is 24.3 Å². The van der Waals surface area contributed by atoms with Crippen LogP contribution in [0.25, 0.3) is 0 Å². The lowest BCUT2D eigenvalue weighted by molar-refractivity contribution is -0.137. The molecule has 0 spiro atoms. The molecule has 27 heavy (non-hydrogen) atoms. The van der Waals surface area contributed by atoms with Gasteiger partial charge in [0.25, 0.3) is 0 Å². The third-order valence-electron chi connectivity index (χ3n) is 3.48. The number of alkyl halides is 3. The number of primary amides is 1. The summed E-state index contributed by atoms with van der Waals surface area (Å²) in [5.41, 5.74) is 4.05. The quantitative estimate of drug-likeness (QED) is 0.406. The molecule has 0 fully saturated rings. The fraction of sp³-hybridized carbons (Fsp3) is 0.467. The number of nitrogens with two attached hydrogens (primary N) is 1. The Kier molecular flexibility index (Phi) is 11.7. The van der Waals surface area contributed by atoms with Gasteiger partial charge in [0, 0.05) is 6.61 Å². The van der Waals surface area contributed by atoms with Crippen LogP contribution in [-0.4, -0.2) is 41.9 Å². The summed E-state index contributed by atoms with van der Waals surface area (Å²) in [6.45, 7) is 3.61. The molecule has 156 valence electrons. The Balaban J connectivity index is 0. The lowest BCUT2D eigenvalue weighted by atomic mass is 9.77. The summed E-state index contributed by atoms with van der Waals surface area (Å²) < 4.78 is 69.1. The van der Waals surface area contributed by atoms with Gasteiger partial charge in [-0.05, 0) is 43.9 Å². The van der Waals surface area contributed by atoms with Gasteiger partial charge in [0.1, 0.15) is 6.79 Å². The molecule has 1 atom stereocenters. The predicted molar refractivity (Wildman–Crippen MR) is 90.2 cm³/mol. The van der Waals surface area contributed by atoms with Crippen molar-refractivity contribution in [3.05, 3.63) is 35.4 Å². The van der Waals surface area contributed by atoms with Gasteiger partial charge >= 0.3 is 16.6 Å². The van der Waals surface area contributed by atoms with Gasteiger partial charge in [0.2, 0.25) is 5.91 Å². The zero-order chi connectivity index (χ0) is 21.9. The van der Waals surface area contributed by atoms with E-state index in [2.05, 4.69) is 0 Å². The van der Waals surface area contributed by atoms with Gasteiger partial charge in [-0.3, -0.25) is 13.9 Å². The van der Waals surface area contributed by atoms with E-state index in [1.54, 1.807) is 6.92 Å². The molecule has 0 aliphatic heterocycles. The third kappa shape index (κ3) is 11.3. The molecule has 0 aromatic heterocycles. The maximum absolute atomic E-state index is 12.5. The van der Waals surface area contributed by atoms with Crippen LogP contribution < -0.4 is 5.73 Å². The van der Waals surface area contributed by atoms with E-state index in [-0.39, 0.29) is 6.61 Å². The van der Waals surface area contributed by atoms with Gasteiger partial charge in [0.15, 0.2) is 0 Å². The highest BCUT2D eigenvalue weighted by Crippen LogP contribution is 2.33. The maximum atomic E-state index is 12.5. The molecule has 1 amide bonds. The highest BCUT2D eigenvalue weighted by atomic mass is 32.3. The van der Waals surface area contributed by atoms with Crippen molar-refractivity contribution in [1.82, 2.24) is 0 Å². The van der Waals surface area contributed by atoms with Gasteiger partial charge in [0.05, 0.1) is 11.0 Å². The van der Waals surface area contributed by atoms with Crippen molar-refractivity contribution in [2.45, 2.75) is 37.8 Å². The molecule has 0 aliphatic carbocycles. The summed E-state index contributed by atoms with van der Waals surface area (Å²) in [5.74, 6) is -0.588. The number of amides is 1. The fourth-order valence-electron chi connectivity index (χ4n) is 2.03. The SMILES string of the molecule is C=O.CC(CCCCO)(C(N)=O)c1ccc(C(F)(F)F)cc1.O=S(=O)(O)O. The highest BCUT2D eigenvalue weighted by molar-refractivity contribution is 7.79. The summed E-state index contributed by atoms with van der Waals surface area (Å²) in [7, 11) is -4.67. The van der Waals surface area contributed by atoms with E-state index in [9.17, 15) is 18.0 Å². The molecule has 0 saturated carbocycles. The van der Waals surface area contributed by atoms with E-state index in [0.717, 1.165) is 12.1 Å². The summed E-state index contributed by atoms with van der Waals surface area (Å²) in [4.78, 5) is 19.6. The Morgan fingerprint density at radius 1 is 1.07 bits per heavy atom. The van der Waals surface area contributed by atoms with E-state index in [0.29, 0.717) is 24.8 Å². The molecule has 0 aliphatic rings. The van der Waals surface area contributed by atoms with Crippen molar-refractivity contribution in [3.8, 4) is 0 Å². The van der Waals surface area contributed by atoms with Crippen LogP contribution in [0.3, 0.4) is 0 Å². The van der Waals surface area contributed by atoms with E-state index in [1.165, 1.54) is 12.1 Å². The first-order valence-corrected chi connectivity index (χ1v) is 8.69. The second kappa shape index (κ2) is 11.6. The maximum Gasteiger partial charge on any atom is 0.416 e. The third-order valence-corrected chi connectivity index (χ3v) is 3.48. The van der Waals surface area contributed by atoms with Crippen LogP contribution >= 0.6 is 0 Å². The molecular formula is C15H22F3NO7S. The largest absolute Gasteiger partial charge is 0.416 e. The molecule has 5 N–H and O–H groups in total. The number of carbonyl (C=O) groups excluding carboxylic acids is 2. The number of unbranched alkanes of at least 4 members (excludes halogenated alkanes) is 1. The summed E-state index contributed by atoms with van der Waals surface area (Å²) in [5, 5.41) is 8.76. The molecule has 8 nitrogen and oxygen atoms in total. The van der Waals surface area contributed by atoms with E-state index in [4.69, 9.17) is 33.2 Å². The first kappa shape index (κ1) is 27.2. The van der Waals surface area contributed by atoms with Gasteiger partial charge in [-0.2, -0.15) is 21.6 Å². The average Bonchev–Trinajstić information content (AvgIpc) is 2.54. The van der Waals surface area contributed by atoms with Crippen molar-refractivity contribution < 1.29 is 45.4 Å². The number of aliphatic hydroxyl groups is 1. The fourth-order valence-corrected chi connectivity index (χ4v) is 2.03. The van der Waals surface area contributed by atoms with Crippen molar-refractivity contribution >= 4 is 23.1 Å². The molecule has 1 aromatic rings. The minimum absolute atomic E-state index is 0.00184. The normalized spacial score (nSPS) is 13.3. The summed E-state index contributed by atoms with van der Waals surface area (Å²) in [6.07, 6.45) is -2.94. The topological polar surface area (TPSA) is 155 Å². The first-order chi connectivity index (χ1) is 12.2. The minimum atomic E-state index is -4.67. The molecule has 1 rings (SSSR count). The van der Waals surface area contributed by atoms with Gasteiger partial charge in [-0.15, -0.1) is 0 Å². The molecule has 1 aromatic carbocycles. The van der Waals surface area contributed by atoms with Crippen LogP contribution in [0, 0.1) is 0 Å². The molecule has 0 radical (unpaired) electrons.